The summed E-state index contributed by atoms with van der Waals surface area (Å²) in [6.07, 6.45) is 2.11. The summed E-state index contributed by atoms with van der Waals surface area (Å²) in [4.78, 5) is 15.3. The van der Waals surface area contributed by atoms with Crippen molar-refractivity contribution >= 4 is 45.6 Å². The van der Waals surface area contributed by atoms with Crippen LogP contribution in [0.5, 0.6) is 0 Å². The maximum absolute atomic E-state index is 11.0. The second-order valence-electron chi connectivity index (χ2n) is 8.29. The first-order chi connectivity index (χ1) is 15.9. The van der Waals surface area contributed by atoms with Crippen LogP contribution in [0, 0.1) is 5.92 Å². The first-order valence-corrected chi connectivity index (χ1v) is 12.6. The van der Waals surface area contributed by atoms with Crippen molar-refractivity contribution in [3.8, 4) is 10.6 Å². The summed E-state index contributed by atoms with van der Waals surface area (Å²) < 4.78 is 0. The summed E-state index contributed by atoms with van der Waals surface area (Å²) in [5.74, 6) is -0.946. The van der Waals surface area contributed by atoms with Gasteiger partial charge in [0.25, 0.3) is 0 Å². The Bertz CT molecular complexity index is 1080. The molecule has 6 nitrogen and oxygen atoms in total. The number of nitrogens with zero attached hydrogens (tertiary/aromatic N) is 4. The van der Waals surface area contributed by atoms with Crippen LogP contribution >= 0.6 is 34.5 Å². The molecule has 33 heavy (non-hydrogen) atoms. The smallest absolute Gasteiger partial charge is 0.309 e. The van der Waals surface area contributed by atoms with Crippen LogP contribution in [-0.2, 0) is 17.9 Å². The Morgan fingerprint density at radius 3 is 2.48 bits per heavy atom. The van der Waals surface area contributed by atoms with Crippen molar-refractivity contribution < 1.29 is 9.90 Å². The average Bonchev–Trinajstić information content (AvgIpc) is 3.25. The Hall–Kier alpha value is -2.19. The number of carboxylic acid groups (broad SMARTS) is 1. The van der Waals surface area contributed by atoms with Crippen LogP contribution < -0.4 is 4.90 Å². The van der Waals surface area contributed by atoms with Crippen LogP contribution in [0.1, 0.15) is 30.9 Å². The molecule has 0 saturated carbocycles. The molecule has 0 radical (unpaired) electrons. The van der Waals surface area contributed by atoms with Crippen molar-refractivity contribution in [2.45, 2.75) is 32.9 Å². The van der Waals surface area contributed by atoms with Gasteiger partial charge < -0.3 is 10.0 Å². The first-order valence-electron chi connectivity index (χ1n) is 11.0. The number of aliphatic carboxylic acids is 1. The molecule has 1 aliphatic heterocycles. The minimum Gasteiger partial charge on any atom is -0.481 e. The van der Waals surface area contributed by atoms with E-state index in [0.717, 1.165) is 52.8 Å². The molecule has 0 atom stereocenters. The average molecular weight is 505 g/mol. The summed E-state index contributed by atoms with van der Waals surface area (Å²) >= 11 is 14.4. The third kappa shape index (κ3) is 5.84. The van der Waals surface area contributed by atoms with Crippen LogP contribution in [0.15, 0.2) is 42.5 Å². The number of carboxylic acids is 1. The zero-order valence-electron chi connectivity index (χ0n) is 18.4. The van der Waals surface area contributed by atoms with Crippen molar-refractivity contribution in [3.05, 3.63) is 63.6 Å². The number of carbonyl (C=O) groups is 1. The summed E-state index contributed by atoms with van der Waals surface area (Å²) in [5.41, 5.74) is 3.07. The van der Waals surface area contributed by atoms with Crippen LogP contribution in [0.2, 0.25) is 10.0 Å². The predicted molar refractivity (Wildman–Crippen MR) is 134 cm³/mol. The molecule has 0 bridgehead atoms. The number of unbranched alkanes of at least 4 members (excludes halogenated alkanes) is 1. The number of hydrogen-bond acceptors (Lipinski definition) is 6. The number of rotatable bonds is 10. The summed E-state index contributed by atoms with van der Waals surface area (Å²) in [6, 6.07) is 13.8. The zero-order valence-corrected chi connectivity index (χ0v) is 20.7. The molecule has 1 fully saturated rings. The van der Waals surface area contributed by atoms with Gasteiger partial charge in [0.05, 0.1) is 5.92 Å². The van der Waals surface area contributed by atoms with E-state index in [2.05, 4.69) is 51.2 Å². The number of hydrogen-bond donors (Lipinski definition) is 1. The number of benzene rings is 2. The van der Waals surface area contributed by atoms with Crippen molar-refractivity contribution in [2.24, 2.45) is 5.92 Å². The van der Waals surface area contributed by atoms with Gasteiger partial charge in [0.1, 0.15) is 5.01 Å². The maximum atomic E-state index is 11.0. The highest BCUT2D eigenvalue weighted by atomic mass is 35.5. The zero-order chi connectivity index (χ0) is 23.4. The topological polar surface area (TPSA) is 69.6 Å². The Balaban J connectivity index is 1.45. The largest absolute Gasteiger partial charge is 0.481 e. The van der Waals surface area contributed by atoms with Gasteiger partial charge in [-0.3, -0.25) is 9.69 Å². The third-order valence-electron chi connectivity index (χ3n) is 5.79. The molecule has 0 spiro atoms. The molecular formula is C24H26Cl2N4O2S. The molecule has 1 N–H and O–H groups in total. The van der Waals surface area contributed by atoms with E-state index < -0.39 is 5.97 Å². The molecule has 1 aliphatic rings. The van der Waals surface area contributed by atoms with E-state index >= 15 is 0 Å². The number of halogens is 2. The van der Waals surface area contributed by atoms with Crippen LogP contribution in [0.3, 0.4) is 0 Å². The predicted octanol–water partition coefficient (Wildman–Crippen LogP) is 5.84. The van der Waals surface area contributed by atoms with Gasteiger partial charge in [-0.2, -0.15) is 0 Å². The number of aromatic nitrogens is 2. The van der Waals surface area contributed by atoms with Gasteiger partial charge >= 0.3 is 5.97 Å². The van der Waals surface area contributed by atoms with E-state index in [0.29, 0.717) is 29.7 Å². The van der Waals surface area contributed by atoms with Gasteiger partial charge in [0.2, 0.25) is 5.13 Å². The lowest BCUT2D eigenvalue weighted by Gasteiger charge is -2.36. The Kier molecular flexibility index (Phi) is 7.86. The van der Waals surface area contributed by atoms with E-state index in [1.807, 2.05) is 18.2 Å². The molecule has 9 heteroatoms. The Morgan fingerprint density at radius 1 is 1.15 bits per heavy atom. The van der Waals surface area contributed by atoms with Crippen LogP contribution in [0.25, 0.3) is 10.6 Å². The fourth-order valence-corrected chi connectivity index (χ4v) is 5.18. The molecule has 3 aromatic rings. The lowest BCUT2D eigenvalue weighted by atomic mass is 9.99. The SMILES string of the molecule is CCCCN(Cc1c(Cl)cccc1Cl)c1nnc(-c2ccc(CN3CC(C(=O)O)C3)cc2)s1. The summed E-state index contributed by atoms with van der Waals surface area (Å²) in [7, 11) is 0. The minimum absolute atomic E-state index is 0.236. The number of likely N-dealkylation sites (tertiary alicyclic amines) is 1. The van der Waals surface area contributed by atoms with E-state index in [-0.39, 0.29) is 5.92 Å². The normalized spacial score (nSPS) is 14.3. The van der Waals surface area contributed by atoms with E-state index in [9.17, 15) is 4.79 Å². The van der Waals surface area contributed by atoms with Gasteiger partial charge in [0, 0.05) is 53.9 Å². The van der Waals surface area contributed by atoms with E-state index in [4.69, 9.17) is 28.3 Å². The number of anilines is 1. The second kappa shape index (κ2) is 10.8. The summed E-state index contributed by atoms with van der Waals surface area (Å²) in [6.45, 7) is 5.57. The Morgan fingerprint density at radius 2 is 1.85 bits per heavy atom. The minimum atomic E-state index is -0.710. The highest BCUT2D eigenvalue weighted by Gasteiger charge is 2.32. The molecule has 1 aromatic heterocycles. The molecule has 0 unspecified atom stereocenters. The van der Waals surface area contributed by atoms with Gasteiger partial charge in [-0.25, -0.2) is 0 Å². The van der Waals surface area contributed by atoms with Crippen molar-refractivity contribution in [1.29, 1.82) is 0 Å². The van der Waals surface area contributed by atoms with Gasteiger partial charge in [-0.05, 0) is 24.1 Å². The van der Waals surface area contributed by atoms with Crippen LogP contribution in [-0.4, -0.2) is 45.8 Å². The molecule has 0 amide bonds. The highest BCUT2D eigenvalue weighted by molar-refractivity contribution is 7.18. The molecular weight excluding hydrogens is 479 g/mol. The van der Waals surface area contributed by atoms with E-state index in [1.165, 1.54) is 0 Å². The Labute approximate surface area is 207 Å². The third-order valence-corrected chi connectivity index (χ3v) is 7.53. The standard InChI is InChI=1S/C24H26Cl2N4O2S/c1-2-3-11-30(15-19-20(25)5-4-6-21(19)26)24-28-27-22(33-24)17-9-7-16(8-10-17)12-29-13-18(14-29)23(31)32/h4-10,18H,2-3,11-15H2,1H3,(H,31,32). The van der Waals surface area contributed by atoms with Gasteiger partial charge in [0.15, 0.2) is 0 Å². The second-order valence-corrected chi connectivity index (χ2v) is 10.1. The lowest BCUT2D eigenvalue weighted by molar-refractivity contribution is -0.147. The van der Waals surface area contributed by atoms with Gasteiger partial charge in [-0.15, -0.1) is 10.2 Å². The fraction of sp³-hybridized carbons (Fsp3) is 0.375. The lowest BCUT2D eigenvalue weighted by Crippen LogP contribution is -2.49. The molecule has 4 rings (SSSR count). The summed E-state index contributed by atoms with van der Waals surface area (Å²) in [5, 5.41) is 20.9. The van der Waals surface area contributed by atoms with Crippen molar-refractivity contribution in [2.75, 3.05) is 24.5 Å². The van der Waals surface area contributed by atoms with Crippen LogP contribution in [0.4, 0.5) is 5.13 Å². The molecule has 1 saturated heterocycles. The highest BCUT2D eigenvalue weighted by Crippen LogP contribution is 2.33. The first kappa shape index (κ1) is 24.0. The van der Waals surface area contributed by atoms with E-state index in [1.54, 1.807) is 11.3 Å². The fourth-order valence-electron chi connectivity index (χ4n) is 3.79. The molecule has 0 aliphatic carbocycles. The quantitative estimate of drug-likeness (QED) is 0.374. The van der Waals surface area contributed by atoms with Crippen molar-refractivity contribution in [3.63, 3.8) is 0 Å². The maximum Gasteiger partial charge on any atom is 0.309 e. The molecule has 2 heterocycles. The molecule has 174 valence electrons. The monoisotopic (exact) mass is 504 g/mol. The van der Waals surface area contributed by atoms with Crippen molar-refractivity contribution in [1.82, 2.24) is 15.1 Å². The van der Waals surface area contributed by atoms with Gasteiger partial charge in [-0.1, -0.05) is 78.2 Å². The molecule has 2 aromatic carbocycles.